The smallest absolute Gasteiger partial charge is 0.408 e. The average molecular weight is 603 g/mol. The number of nitrogens with one attached hydrogen (secondary N) is 1. The van der Waals surface area contributed by atoms with Crippen LogP contribution in [-0.4, -0.2) is 46.2 Å². The molecule has 1 heterocycles. The van der Waals surface area contributed by atoms with Crippen molar-refractivity contribution in [2.24, 2.45) is 5.73 Å². The number of benzene rings is 3. The number of hydrogen-bond donors (Lipinski definition) is 2. The van der Waals surface area contributed by atoms with Gasteiger partial charge in [-0.2, -0.15) is 0 Å². The highest BCUT2D eigenvalue weighted by atomic mass is 32.1. The Hall–Kier alpha value is -4.45. The Balaban J connectivity index is 1.47. The van der Waals surface area contributed by atoms with Gasteiger partial charge >= 0.3 is 23.0 Å². The molecule has 1 aromatic heterocycles. The van der Waals surface area contributed by atoms with Gasteiger partial charge in [0.2, 0.25) is 0 Å². The molecule has 11 heteroatoms. The highest BCUT2D eigenvalue weighted by molar-refractivity contribution is 7.13. The van der Waals surface area contributed by atoms with E-state index in [-0.39, 0.29) is 18.2 Å². The second-order valence-electron chi connectivity index (χ2n) is 10.9. The fourth-order valence-electron chi connectivity index (χ4n) is 4.72. The zero-order valence-electron chi connectivity index (χ0n) is 24.4. The van der Waals surface area contributed by atoms with Crippen LogP contribution in [-0.2, 0) is 34.0 Å². The van der Waals surface area contributed by atoms with E-state index in [2.05, 4.69) is 15.5 Å². The molecule has 4 rings (SSSR count). The summed E-state index contributed by atoms with van der Waals surface area (Å²) in [6.45, 7) is 5.25. The molecule has 3 N–H and O–H groups in total. The van der Waals surface area contributed by atoms with Gasteiger partial charge in [0.15, 0.2) is 0 Å². The predicted molar refractivity (Wildman–Crippen MR) is 165 cm³/mol. The molecule has 1 unspecified atom stereocenters. The third kappa shape index (κ3) is 7.69. The number of hydrogen-bond acceptors (Lipinski definition) is 9. The van der Waals surface area contributed by atoms with Gasteiger partial charge < -0.3 is 20.5 Å². The maximum Gasteiger partial charge on any atom is 0.408 e. The van der Waals surface area contributed by atoms with E-state index >= 15 is 0 Å². The largest absolute Gasteiger partial charge is 0.489 e. The molecular weight excluding hydrogens is 566 g/mol. The summed E-state index contributed by atoms with van der Waals surface area (Å²) in [4.78, 5) is 40.6. The zero-order valence-corrected chi connectivity index (χ0v) is 25.3. The SMILES string of the molecule is CC(C)(C)[N+](C(=O)CNC(=O)OCc1ccccc1)(C(=O)[C@@H](N)Cc1ccc(OCc2ccccc2)cc1)c1nncs1. The van der Waals surface area contributed by atoms with E-state index in [1.807, 2.05) is 84.9 Å². The lowest BCUT2D eigenvalue weighted by Crippen LogP contribution is -2.73. The third-order valence-electron chi connectivity index (χ3n) is 6.89. The van der Waals surface area contributed by atoms with E-state index in [1.54, 1.807) is 20.8 Å². The number of alkyl carbamates (subject to hydrolysis) is 1. The Morgan fingerprint density at radius 3 is 2.05 bits per heavy atom. The van der Waals surface area contributed by atoms with Crippen molar-refractivity contribution in [3.63, 3.8) is 0 Å². The monoisotopic (exact) mass is 602 g/mol. The third-order valence-corrected chi connectivity index (χ3v) is 7.65. The Labute approximate surface area is 255 Å². The van der Waals surface area contributed by atoms with Crippen LogP contribution >= 0.6 is 11.3 Å². The van der Waals surface area contributed by atoms with Gasteiger partial charge in [-0.3, -0.25) is 0 Å². The number of nitrogens with two attached hydrogens (primary N) is 1. The maximum atomic E-state index is 14.2. The van der Waals surface area contributed by atoms with Gasteiger partial charge in [-0.25, -0.2) is 14.4 Å². The summed E-state index contributed by atoms with van der Waals surface area (Å²) in [5.74, 6) is -0.481. The summed E-state index contributed by atoms with van der Waals surface area (Å²) in [6.07, 6.45) is -0.611. The van der Waals surface area contributed by atoms with Crippen LogP contribution in [0.5, 0.6) is 5.75 Å². The minimum Gasteiger partial charge on any atom is -0.489 e. The van der Waals surface area contributed by atoms with Crippen molar-refractivity contribution in [2.45, 2.75) is 52.0 Å². The Morgan fingerprint density at radius 2 is 1.49 bits per heavy atom. The van der Waals surface area contributed by atoms with E-state index < -0.39 is 40.5 Å². The summed E-state index contributed by atoms with van der Waals surface area (Å²) in [7, 11) is 0. The van der Waals surface area contributed by atoms with E-state index in [1.165, 1.54) is 5.51 Å². The van der Waals surface area contributed by atoms with Crippen molar-refractivity contribution >= 4 is 34.4 Å². The van der Waals surface area contributed by atoms with Crippen LogP contribution in [0.2, 0.25) is 0 Å². The first kappa shape index (κ1) is 31.5. The van der Waals surface area contributed by atoms with Crippen LogP contribution in [0.3, 0.4) is 0 Å². The fourth-order valence-corrected chi connectivity index (χ4v) is 5.63. The Bertz CT molecular complexity index is 1490. The van der Waals surface area contributed by atoms with Crippen molar-refractivity contribution in [3.05, 3.63) is 107 Å². The van der Waals surface area contributed by atoms with Gasteiger partial charge in [-0.05, 0) is 60.9 Å². The number of aromatic nitrogens is 2. The Morgan fingerprint density at radius 1 is 0.884 bits per heavy atom. The number of rotatable bonds is 11. The quantitative estimate of drug-likeness (QED) is 0.235. The minimum absolute atomic E-state index is 0.0381. The standard InChI is InChI=1S/C32H35N5O5S/c1-32(2,3)37(30-36-35-22-43-30,28(38)19-34-31(40)42-21-25-12-8-5-9-13-25)29(39)27(33)18-23-14-16-26(17-15-23)41-20-24-10-6-4-7-11-24/h4-17,22,27H,18-21,33H2,1-3H3/p+1/t27-,37?/m0/s1. The van der Waals surface area contributed by atoms with Crippen LogP contribution in [0.25, 0.3) is 0 Å². The molecule has 0 fully saturated rings. The van der Waals surface area contributed by atoms with Gasteiger partial charge in [-0.1, -0.05) is 77.9 Å². The molecule has 0 bridgehead atoms. The molecule has 2 atom stereocenters. The highest BCUT2D eigenvalue weighted by Gasteiger charge is 2.59. The van der Waals surface area contributed by atoms with Gasteiger partial charge in [0, 0.05) is 6.42 Å². The van der Waals surface area contributed by atoms with Crippen molar-refractivity contribution in [2.75, 3.05) is 6.54 Å². The van der Waals surface area contributed by atoms with Crippen molar-refractivity contribution < 1.29 is 23.9 Å². The van der Waals surface area contributed by atoms with Crippen LogP contribution in [0.1, 0.15) is 37.5 Å². The van der Waals surface area contributed by atoms with E-state index in [9.17, 15) is 14.4 Å². The summed E-state index contributed by atoms with van der Waals surface area (Å²) in [5, 5.41) is 10.7. The number of quaternary nitrogens is 1. The van der Waals surface area contributed by atoms with E-state index in [0.29, 0.717) is 12.4 Å². The molecule has 3 aromatic carbocycles. The first-order valence-corrected chi connectivity index (χ1v) is 14.7. The van der Waals surface area contributed by atoms with Crippen LogP contribution in [0, 0.1) is 0 Å². The van der Waals surface area contributed by atoms with Gasteiger partial charge in [-0.15, -0.1) is 9.58 Å². The van der Waals surface area contributed by atoms with Crippen LogP contribution < -0.4 is 20.3 Å². The molecule has 0 spiro atoms. The van der Waals surface area contributed by atoms with E-state index in [0.717, 1.165) is 28.0 Å². The molecule has 0 radical (unpaired) electrons. The molecule has 0 aliphatic carbocycles. The fraction of sp³-hybridized carbons (Fsp3) is 0.281. The van der Waals surface area contributed by atoms with Gasteiger partial charge in [0.05, 0.1) is 0 Å². The normalized spacial score (nSPS) is 13.4. The first-order chi connectivity index (χ1) is 20.6. The second-order valence-corrected chi connectivity index (χ2v) is 11.8. The summed E-state index contributed by atoms with van der Waals surface area (Å²) < 4.78 is 10.3. The molecule has 43 heavy (non-hydrogen) atoms. The Kier molecular flexibility index (Phi) is 10.4. The topological polar surface area (TPSA) is 134 Å². The number of amides is 3. The maximum absolute atomic E-state index is 14.2. The minimum atomic E-state index is -1.06. The highest BCUT2D eigenvalue weighted by Crippen LogP contribution is 2.36. The molecule has 0 saturated heterocycles. The van der Waals surface area contributed by atoms with Gasteiger partial charge in [0.25, 0.3) is 0 Å². The summed E-state index contributed by atoms with van der Waals surface area (Å²) in [6, 6.07) is 25.3. The first-order valence-electron chi connectivity index (χ1n) is 13.8. The number of carbonyl (C=O) groups excluding carboxylic acids is 3. The molecular formula is C32H36N5O5S+. The summed E-state index contributed by atoms with van der Waals surface area (Å²) >= 11 is 1.08. The summed E-state index contributed by atoms with van der Waals surface area (Å²) in [5.41, 5.74) is 9.61. The molecule has 4 aromatic rings. The number of ether oxygens (including phenoxy) is 2. The number of carbonyl (C=O) groups is 3. The predicted octanol–water partition coefficient (Wildman–Crippen LogP) is 4.77. The molecule has 0 aliphatic rings. The molecule has 0 saturated carbocycles. The van der Waals surface area contributed by atoms with Crippen molar-refractivity contribution in [1.82, 2.24) is 20.0 Å². The van der Waals surface area contributed by atoms with Crippen LogP contribution in [0.15, 0.2) is 90.4 Å². The van der Waals surface area contributed by atoms with Gasteiger partial charge in [0.1, 0.15) is 42.6 Å². The van der Waals surface area contributed by atoms with Crippen molar-refractivity contribution in [3.8, 4) is 5.75 Å². The lowest BCUT2D eigenvalue weighted by molar-refractivity contribution is -0.149. The molecule has 3 amide bonds. The zero-order chi connectivity index (χ0) is 30.9. The van der Waals surface area contributed by atoms with E-state index in [4.69, 9.17) is 15.2 Å². The molecule has 10 nitrogen and oxygen atoms in total. The number of nitrogens with zero attached hydrogens (tertiary/aromatic N) is 3. The van der Waals surface area contributed by atoms with Crippen LogP contribution in [0.4, 0.5) is 9.93 Å². The second kappa shape index (κ2) is 14.1. The van der Waals surface area contributed by atoms with Crippen molar-refractivity contribution in [1.29, 1.82) is 0 Å². The average Bonchev–Trinajstić information content (AvgIpc) is 3.54. The lowest BCUT2D eigenvalue weighted by Gasteiger charge is -2.41. The number of imide groups is 1. The molecule has 0 aliphatic heterocycles. The lowest BCUT2D eigenvalue weighted by atomic mass is 9.96. The molecule has 224 valence electrons.